The number of benzene rings is 4. The summed E-state index contributed by atoms with van der Waals surface area (Å²) in [4.78, 5) is 36.8. The fourth-order valence-electron chi connectivity index (χ4n) is 7.15. The first-order valence-electron chi connectivity index (χ1n) is 14.8. The molecule has 2 atom stereocenters. The highest BCUT2D eigenvalue weighted by molar-refractivity contribution is 6.59. The summed E-state index contributed by atoms with van der Waals surface area (Å²) >= 11 is 0. The van der Waals surface area contributed by atoms with Gasteiger partial charge in [0.1, 0.15) is 17.6 Å². The average molecular weight is 609 g/mol. The molecule has 2 aliphatic rings. The van der Waals surface area contributed by atoms with Crippen molar-refractivity contribution in [2.45, 2.75) is 11.7 Å². The van der Waals surface area contributed by atoms with E-state index in [1.807, 2.05) is 48.5 Å². The van der Waals surface area contributed by atoms with Gasteiger partial charge in [0.15, 0.2) is 5.78 Å². The van der Waals surface area contributed by atoms with Crippen LogP contribution in [0.2, 0.25) is 0 Å². The maximum absolute atomic E-state index is 15.2. The maximum atomic E-state index is 15.2. The third-order valence-corrected chi connectivity index (χ3v) is 9.17. The molecule has 226 valence electrons. The number of nitrogens with one attached hydrogen (secondary N) is 2. The molecule has 0 saturated carbocycles. The Balaban J connectivity index is 1.47. The standard InChI is InChI=1S/C38H28N2O6/c1-45-37(21-13-17-23(42)18-14-21)38(46-2)35-30(25-8-4-6-10-28(25)40-35)32(36(38)44)31-29-24-7-3-5-9-27(24)39-33(29)26(34(31)43)19-20-11-15-22(41)16-12-20/h3-19,37,39-42H,1-2H3. The smallest absolute Gasteiger partial charge is 0.205 e. The molecule has 2 aromatic heterocycles. The molecule has 2 heterocycles. The number of fused-ring (bicyclic) bond motifs is 6. The Morgan fingerprint density at radius 1 is 0.717 bits per heavy atom. The molecule has 0 spiro atoms. The van der Waals surface area contributed by atoms with E-state index in [1.54, 1.807) is 42.5 Å². The number of phenols is 2. The van der Waals surface area contributed by atoms with Gasteiger partial charge in [-0.25, -0.2) is 0 Å². The lowest BCUT2D eigenvalue weighted by molar-refractivity contribution is -0.158. The summed E-state index contributed by atoms with van der Waals surface area (Å²) < 4.78 is 12.3. The Morgan fingerprint density at radius 2 is 1.30 bits per heavy atom. The molecule has 0 fully saturated rings. The zero-order valence-electron chi connectivity index (χ0n) is 24.9. The second-order valence-corrected chi connectivity index (χ2v) is 11.5. The van der Waals surface area contributed by atoms with E-state index in [2.05, 4.69) is 9.97 Å². The van der Waals surface area contributed by atoms with Crippen molar-refractivity contribution in [3.05, 3.63) is 131 Å². The molecular formula is C38H28N2O6. The van der Waals surface area contributed by atoms with Crippen molar-refractivity contribution in [1.29, 1.82) is 0 Å². The van der Waals surface area contributed by atoms with E-state index in [0.29, 0.717) is 33.7 Å². The molecule has 8 rings (SSSR count). The summed E-state index contributed by atoms with van der Waals surface area (Å²) in [7, 11) is 2.98. The van der Waals surface area contributed by atoms with Gasteiger partial charge in [-0.15, -0.1) is 0 Å². The third kappa shape index (κ3) is 3.74. The van der Waals surface area contributed by atoms with Gasteiger partial charge in [0, 0.05) is 63.9 Å². The van der Waals surface area contributed by atoms with Crippen LogP contribution in [0.3, 0.4) is 0 Å². The van der Waals surface area contributed by atoms with Crippen LogP contribution >= 0.6 is 0 Å². The van der Waals surface area contributed by atoms with Gasteiger partial charge in [-0.2, -0.15) is 0 Å². The predicted molar refractivity (Wildman–Crippen MR) is 176 cm³/mol. The van der Waals surface area contributed by atoms with E-state index in [9.17, 15) is 15.0 Å². The molecule has 46 heavy (non-hydrogen) atoms. The second-order valence-electron chi connectivity index (χ2n) is 11.5. The van der Waals surface area contributed by atoms with E-state index in [-0.39, 0.29) is 28.4 Å². The van der Waals surface area contributed by atoms with Gasteiger partial charge in [0.05, 0.1) is 11.4 Å². The number of allylic oxidation sites excluding steroid dienone is 2. The van der Waals surface area contributed by atoms with E-state index in [1.165, 1.54) is 26.4 Å². The number of Topliss-reactive ketones (excluding diaryl/α,β-unsaturated/α-hetero) is 2. The Bertz CT molecular complexity index is 2290. The summed E-state index contributed by atoms with van der Waals surface area (Å²) in [6.07, 6.45) is 0.846. The summed E-state index contributed by atoms with van der Waals surface area (Å²) in [6, 6.07) is 28.4. The SMILES string of the molecule is COC(c1ccc(O)cc1)C1(OC)C(=O)C(=C2C(=O)C(=Cc3ccc(O)cc3)c3[nH]c4ccccc4c32)c2c1[nH]c1ccccc21. The molecular weight excluding hydrogens is 580 g/mol. The molecule has 0 bridgehead atoms. The van der Waals surface area contributed by atoms with E-state index in [4.69, 9.17) is 9.47 Å². The van der Waals surface area contributed by atoms with Crippen LogP contribution in [0.25, 0.3) is 44.6 Å². The Labute approximate surface area is 263 Å². The minimum Gasteiger partial charge on any atom is -0.508 e. The average Bonchev–Trinajstić information content (AvgIpc) is 3.77. The minimum atomic E-state index is -1.68. The van der Waals surface area contributed by atoms with Gasteiger partial charge in [-0.05, 0) is 53.6 Å². The number of methoxy groups -OCH3 is 2. The van der Waals surface area contributed by atoms with Gasteiger partial charge >= 0.3 is 0 Å². The van der Waals surface area contributed by atoms with Gasteiger partial charge in [0.25, 0.3) is 0 Å². The second kappa shape index (κ2) is 10.2. The van der Waals surface area contributed by atoms with Crippen LogP contribution in [-0.4, -0.2) is 46.0 Å². The normalized spacial score (nSPS) is 20.6. The van der Waals surface area contributed by atoms with Crippen LogP contribution in [0.1, 0.15) is 39.7 Å². The fourth-order valence-corrected chi connectivity index (χ4v) is 7.15. The first-order chi connectivity index (χ1) is 22.4. The topological polar surface area (TPSA) is 125 Å². The lowest BCUT2D eigenvalue weighted by Crippen LogP contribution is -2.42. The lowest BCUT2D eigenvalue weighted by Gasteiger charge is -2.34. The van der Waals surface area contributed by atoms with Crippen LogP contribution in [-0.2, 0) is 24.7 Å². The molecule has 0 radical (unpaired) electrons. The van der Waals surface area contributed by atoms with Crippen molar-refractivity contribution < 1.29 is 29.3 Å². The summed E-state index contributed by atoms with van der Waals surface area (Å²) in [5.41, 5.74) is 4.56. The number of phenolic OH excluding ortho intramolecular Hbond substituents is 2. The highest BCUT2D eigenvalue weighted by atomic mass is 16.5. The van der Waals surface area contributed by atoms with Crippen molar-refractivity contribution in [3.8, 4) is 11.5 Å². The van der Waals surface area contributed by atoms with Gasteiger partial charge in [0.2, 0.25) is 11.4 Å². The molecule has 6 aromatic rings. The molecule has 8 heteroatoms. The number of carbonyl (C=O) groups is 2. The van der Waals surface area contributed by atoms with E-state index >= 15 is 4.79 Å². The molecule has 4 aromatic carbocycles. The molecule has 0 aliphatic heterocycles. The van der Waals surface area contributed by atoms with Crippen molar-refractivity contribution in [1.82, 2.24) is 9.97 Å². The molecule has 4 N–H and O–H groups in total. The number of H-pyrrole nitrogens is 2. The number of ketones is 2. The van der Waals surface area contributed by atoms with Crippen molar-refractivity contribution in [3.63, 3.8) is 0 Å². The highest BCUT2D eigenvalue weighted by Crippen LogP contribution is 2.57. The number of rotatable bonds is 5. The summed E-state index contributed by atoms with van der Waals surface area (Å²) in [6.45, 7) is 0. The number of hydrogen-bond acceptors (Lipinski definition) is 6. The number of para-hydroxylation sites is 2. The number of hydrogen-bond donors (Lipinski definition) is 4. The van der Waals surface area contributed by atoms with Crippen LogP contribution in [0.4, 0.5) is 0 Å². The lowest BCUT2D eigenvalue weighted by atomic mass is 9.85. The van der Waals surface area contributed by atoms with Gasteiger partial charge in [-0.3, -0.25) is 9.59 Å². The van der Waals surface area contributed by atoms with E-state index in [0.717, 1.165) is 27.4 Å². The first kappa shape index (κ1) is 27.8. The number of aromatic hydroxyl groups is 2. The zero-order valence-corrected chi connectivity index (χ0v) is 24.9. The van der Waals surface area contributed by atoms with Crippen LogP contribution in [0.15, 0.2) is 97.1 Å². The van der Waals surface area contributed by atoms with Crippen LogP contribution in [0.5, 0.6) is 11.5 Å². The van der Waals surface area contributed by atoms with Gasteiger partial charge < -0.3 is 29.7 Å². The Morgan fingerprint density at radius 3 is 1.93 bits per heavy atom. The Kier molecular flexibility index (Phi) is 6.15. The third-order valence-electron chi connectivity index (χ3n) is 9.17. The quantitative estimate of drug-likeness (QED) is 0.158. The number of aromatic amines is 2. The predicted octanol–water partition coefficient (Wildman–Crippen LogP) is 6.91. The number of aromatic nitrogens is 2. The molecule has 8 nitrogen and oxygen atoms in total. The summed E-state index contributed by atoms with van der Waals surface area (Å²) in [5, 5.41) is 21.5. The fraction of sp³-hybridized carbons (Fsp3) is 0.105. The van der Waals surface area contributed by atoms with Crippen LogP contribution in [0, 0.1) is 0 Å². The Hall–Kier alpha value is -5.70. The first-order valence-corrected chi connectivity index (χ1v) is 14.8. The molecule has 0 amide bonds. The molecule has 2 aliphatic carbocycles. The monoisotopic (exact) mass is 608 g/mol. The van der Waals surface area contributed by atoms with Crippen molar-refractivity contribution >= 4 is 56.2 Å². The molecule has 2 unspecified atom stereocenters. The largest absolute Gasteiger partial charge is 0.508 e. The maximum Gasteiger partial charge on any atom is 0.205 e. The highest BCUT2D eigenvalue weighted by Gasteiger charge is 2.59. The van der Waals surface area contributed by atoms with Crippen LogP contribution < -0.4 is 0 Å². The number of ether oxygens (including phenoxy) is 2. The zero-order chi connectivity index (χ0) is 31.7. The minimum absolute atomic E-state index is 0.0771. The van der Waals surface area contributed by atoms with Crippen molar-refractivity contribution in [2.75, 3.05) is 14.2 Å². The number of carbonyl (C=O) groups excluding carboxylic acids is 2. The van der Waals surface area contributed by atoms with Gasteiger partial charge in [-0.1, -0.05) is 60.7 Å². The summed E-state index contributed by atoms with van der Waals surface area (Å²) in [5.74, 6) is -0.513. The molecule has 0 saturated heterocycles. The van der Waals surface area contributed by atoms with Crippen molar-refractivity contribution in [2.24, 2.45) is 0 Å². The van der Waals surface area contributed by atoms with E-state index < -0.39 is 17.5 Å².